The van der Waals surface area contributed by atoms with Gasteiger partial charge in [0.2, 0.25) is 5.13 Å². The van der Waals surface area contributed by atoms with E-state index < -0.39 is 12.1 Å². The first-order valence-electron chi connectivity index (χ1n) is 8.43. The van der Waals surface area contributed by atoms with Crippen molar-refractivity contribution in [3.63, 3.8) is 0 Å². The van der Waals surface area contributed by atoms with Gasteiger partial charge in [0, 0.05) is 7.05 Å². The minimum Gasteiger partial charge on any atom is -0.479 e. The van der Waals surface area contributed by atoms with E-state index >= 15 is 0 Å². The van der Waals surface area contributed by atoms with Crippen molar-refractivity contribution in [3.8, 4) is 5.75 Å². The van der Waals surface area contributed by atoms with Crippen LogP contribution in [-0.4, -0.2) is 50.4 Å². The van der Waals surface area contributed by atoms with Crippen LogP contribution in [0.5, 0.6) is 5.75 Å². The second-order valence-corrected chi connectivity index (χ2v) is 8.06. The van der Waals surface area contributed by atoms with Gasteiger partial charge in [-0.05, 0) is 48.9 Å². The number of carbonyl (C=O) groups is 2. The average molecular weight is 419 g/mol. The Kier molecular flexibility index (Phi) is 6.10. The second-order valence-electron chi connectivity index (χ2n) is 5.89. The number of aromatic nitrogens is 2. The first-order chi connectivity index (χ1) is 13.4. The minimum absolute atomic E-state index is 0.151. The lowest BCUT2D eigenvalue weighted by molar-refractivity contribution is -0.145. The van der Waals surface area contributed by atoms with E-state index in [2.05, 4.69) is 15.2 Å². The summed E-state index contributed by atoms with van der Waals surface area (Å²) in [5.41, 5.74) is 0.799. The summed E-state index contributed by atoms with van der Waals surface area (Å²) >= 11 is 2.62. The van der Waals surface area contributed by atoms with Crippen molar-refractivity contribution < 1.29 is 19.4 Å². The summed E-state index contributed by atoms with van der Waals surface area (Å²) in [6, 6.07) is 6.91. The maximum absolute atomic E-state index is 12.5. The number of hydrogen-bond acceptors (Lipinski definition) is 8. The molecule has 0 bridgehead atoms. The molecule has 0 saturated carbocycles. The normalized spacial score (nSPS) is 18.1. The number of amides is 1. The number of thioether (sulfide) groups is 1. The molecule has 1 aromatic carbocycles. The Morgan fingerprint density at radius 1 is 1.36 bits per heavy atom. The third-order valence-corrected chi connectivity index (χ3v) is 5.61. The molecule has 0 aliphatic carbocycles. The number of carboxylic acids is 1. The van der Waals surface area contributed by atoms with Crippen LogP contribution in [0.2, 0.25) is 0 Å². The number of nitrogens with zero attached hydrogens (tertiary/aromatic N) is 4. The van der Waals surface area contributed by atoms with E-state index in [0.29, 0.717) is 27.4 Å². The van der Waals surface area contributed by atoms with Crippen molar-refractivity contribution in [1.82, 2.24) is 15.1 Å². The maximum Gasteiger partial charge on any atom is 0.344 e. The highest BCUT2D eigenvalue weighted by Crippen LogP contribution is 2.33. The molecule has 28 heavy (non-hydrogen) atoms. The van der Waals surface area contributed by atoms with E-state index in [0.717, 1.165) is 10.6 Å². The van der Waals surface area contributed by atoms with Crippen molar-refractivity contribution in [2.45, 2.75) is 26.4 Å². The molecule has 1 fully saturated rings. The Labute approximate surface area is 169 Å². The summed E-state index contributed by atoms with van der Waals surface area (Å²) < 4.78 is 5.44. The lowest BCUT2D eigenvalue weighted by atomic mass is 10.2. The Hall–Kier alpha value is -2.72. The van der Waals surface area contributed by atoms with E-state index in [1.807, 2.05) is 6.92 Å². The number of carboxylic acid groups (broad SMARTS) is 1. The topological polar surface area (TPSA) is 105 Å². The van der Waals surface area contributed by atoms with Gasteiger partial charge < -0.3 is 9.84 Å². The molecule has 1 aliphatic heterocycles. The van der Waals surface area contributed by atoms with Gasteiger partial charge in [0.25, 0.3) is 5.91 Å². The average Bonchev–Trinajstić information content (AvgIpc) is 3.19. The van der Waals surface area contributed by atoms with Gasteiger partial charge >= 0.3 is 5.97 Å². The van der Waals surface area contributed by atoms with Crippen LogP contribution in [-0.2, 0) is 9.59 Å². The molecule has 1 N–H and O–H groups in total. The van der Waals surface area contributed by atoms with Crippen molar-refractivity contribution in [3.05, 3.63) is 39.7 Å². The molecule has 146 valence electrons. The zero-order valence-electron chi connectivity index (χ0n) is 15.4. The summed E-state index contributed by atoms with van der Waals surface area (Å²) in [4.78, 5) is 29.9. The number of rotatable bonds is 6. The third-order valence-electron chi connectivity index (χ3n) is 3.81. The van der Waals surface area contributed by atoms with Crippen LogP contribution in [0.3, 0.4) is 0 Å². The fourth-order valence-electron chi connectivity index (χ4n) is 2.33. The third kappa shape index (κ3) is 4.57. The van der Waals surface area contributed by atoms with E-state index in [-0.39, 0.29) is 5.91 Å². The fraction of sp³-hybridized carbons (Fsp3) is 0.278. The molecule has 8 nitrogen and oxygen atoms in total. The van der Waals surface area contributed by atoms with E-state index in [1.165, 1.54) is 28.0 Å². The largest absolute Gasteiger partial charge is 0.479 e. The van der Waals surface area contributed by atoms with Crippen LogP contribution in [0.4, 0.5) is 5.13 Å². The summed E-state index contributed by atoms with van der Waals surface area (Å²) in [6.45, 7) is 3.59. The van der Waals surface area contributed by atoms with Crippen molar-refractivity contribution in [2.24, 2.45) is 4.99 Å². The molecular formula is C18H18N4O4S2. The van der Waals surface area contributed by atoms with Gasteiger partial charge in [-0.2, -0.15) is 4.99 Å². The van der Waals surface area contributed by atoms with Crippen molar-refractivity contribution in [2.75, 3.05) is 7.05 Å². The van der Waals surface area contributed by atoms with Crippen LogP contribution in [0.25, 0.3) is 6.08 Å². The number of amidine groups is 1. The lowest BCUT2D eigenvalue weighted by Gasteiger charge is -2.13. The maximum atomic E-state index is 12.5. The zero-order valence-corrected chi connectivity index (χ0v) is 17.1. The predicted molar refractivity (Wildman–Crippen MR) is 109 cm³/mol. The van der Waals surface area contributed by atoms with Crippen molar-refractivity contribution in [1.29, 1.82) is 0 Å². The predicted octanol–water partition coefficient (Wildman–Crippen LogP) is 3.32. The molecule has 2 aromatic rings. The molecule has 10 heteroatoms. The van der Waals surface area contributed by atoms with Crippen LogP contribution in [0.1, 0.15) is 23.9 Å². The second kappa shape index (κ2) is 8.53. The summed E-state index contributed by atoms with van der Waals surface area (Å²) in [5, 5.41) is 18.8. The van der Waals surface area contributed by atoms with Crippen molar-refractivity contribution >= 4 is 51.4 Å². The van der Waals surface area contributed by atoms with E-state index in [9.17, 15) is 9.59 Å². The molecule has 1 amide bonds. The molecular weight excluding hydrogens is 400 g/mol. The van der Waals surface area contributed by atoms with E-state index in [4.69, 9.17) is 9.84 Å². The Bertz CT molecular complexity index is 953. The van der Waals surface area contributed by atoms with Gasteiger partial charge in [0.15, 0.2) is 11.3 Å². The quantitative estimate of drug-likeness (QED) is 0.718. The zero-order chi connectivity index (χ0) is 20.3. The molecule has 0 radical (unpaired) electrons. The van der Waals surface area contributed by atoms with Gasteiger partial charge in [-0.25, -0.2) is 4.79 Å². The highest BCUT2D eigenvalue weighted by Gasteiger charge is 2.30. The molecule has 1 aromatic heterocycles. The van der Waals surface area contributed by atoms with Gasteiger partial charge in [-0.15, -0.1) is 10.2 Å². The number of likely N-dealkylation sites (N-methyl/N-ethyl adjacent to an activating group) is 1. The number of hydrogen-bond donors (Lipinski definition) is 1. The standard InChI is InChI=1S/C18H18N4O4S2/c1-4-13(16(24)25)26-12-7-5-11(6-8-12)9-14-15(23)22(3)18(28-14)19-17-21-20-10(2)27-17/h5-9,13H,4H2,1-3H3,(H,24,25)/b14-9+,19-18+. The Balaban J connectivity index is 1.75. The van der Waals surface area contributed by atoms with Crippen LogP contribution in [0.15, 0.2) is 34.2 Å². The number of benzene rings is 1. The van der Waals surface area contributed by atoms with E-state index in [1.54, 1.807) is 44.3 Å². The molecule has 1 atom stereocenters. The Morgan fingerprint density at radius 3 is 2.64 bits per heavy atom. The van der Waals surface area contributed by atoms with Crippen LogP contribution in [0, 0.1) is 6.92 Å². The SMILES string of the molecule is CCC(Oc1ccc(/C=C2/S/C(=N/c3nnc(C)s3)N(C)C2=O)cc1)C(=O)O. The number of aliphatic imine (C=N–C) groups is 1. The minimum atomic E-state index is -0.998. The Morgan fingerprint density at radius 2 is 2.07 bits per heavy atom. The highest BCUT2D eigenvalue weighted by atomic mass is 32.2. The first-order valence-corrected chi connectivity index (χ1v) is 10.1. The van der Waals surface area contributed by atoms with Crippen LogP contribution < -0.4 is 4.74 Å². The monoisotopic (exact) mass is 418 g/mol. The highest BCUT2D eigenvalue weighted by molar-refractivity contribution is 8.18. The molecule has 2 heterocycles. The smallest absolute Gasteiger partial charge is 0.344 e. The van der Waals surface area contributed by atoms with Gasteiger partial charge in [0.1, 0.15) is 10.8 Å². The lowest BCUT2D eigenvalue weighted by Crippen LogP contribution is -2.25. The summed E-state index contributed by atoms with van der Waals surface area (Å²) in [7, 11) is 1.66. The summed E-state index contributed by atoms with van der Waals surface area (Å²) in [5.74, 6) is -0.683. The number of ether oxygens (including phenoxy) is 1. The molecule has 0 spiro atoms. The van der Waals surface area contributed by atoms with Gasteiger partial charge in [-0.3, -0.25) is 9.69 Å². The first kappa shape index (κ1) is 20.0. The molecule has 1 saturated heterocycles. The number of carbonyl (C=O) groups excluding carboxylic acids is 1. The number of aryl methyl sites for hydroxylation is 1. The fourth-order valence-corrected chi connectivity index (χ4v) is 3.92. The molecule has 1 unspecified atom stereocenters. The molecule has 3 rings (SSSR count). The van der Waals surface area contributed by atoms with Gasteiger partial charge in [0.05, 0.1) is 4.91 Å². The number of aliphatic carboxylic acids is 1. The summed E-state index contributed by atoms with van der Waals surface area (Å²) in [6.07, 6.45) is 1.25. The van der Waals surface area contributed by atoms with Gasteiger partial charge in [-0.1, -0.05) is 30.4 Å². The molecule has 1 aliphatic rings. The van der Waals surface area contributed by atoms with Crippen LogP contribution >= 0.6 is 23.1 Å².